The van der Waals surface area contributed by atoms with E-state index in [2.05, 4.69) is 5.32 Å². The molecule has 170 valence electrons. The van der Waals surface area contributed by atoms with E-state index in [0.29, 0.717) is 0 Å². The van der Waals surface area contributed by atoms with Gasteiger partial charge in [0.2, 0.25) is 10.0 Å². The molecule has 0 atom stereocenters. The van der Waals surface area contributed by atoms with E-state index in [4.69, 9.17) is 4.74 Å². The van der Waals surface area contributed by atoms with Crippen LogP contribution in [0.5, 0.6) is 0 Å². The first-order valence-corrected chi connectivity index (χ1v) is 11.9. The number of nitrogens with zero attached hydrogens (tertiary/aromatic N) is 2. The van der Waals surface area contributed by atoms with Gasteiger partial charge in [-0.1, -0.05) is 30.3 Å². The van der Waals surface area contributed by atoms with Crippen molar-refractivity contribution >= 4 is 27.9 Å². The Kier molecular flexibility index (Phi) is 6.43. The zero-order valence-electron chi connectivity index (χ0n) is 18.1. The van der Waals surface area contributed by atoms with Gasteiger partial charge in [-0.25, -0.2) is 17.5 Å². The molecule has 3 amide bonds. The predicted molar refractivity (Wildman–Crippen MR) is 113 cm³/mol. The summed E-state index contributed by atoms with van der Waals surface area (Å²) in [4.78, 5) is 38.5. The molecule has 1 N–H and O–H groups in total. The van der Waals surface area contributed by atoms with E-state index in [0.717, 1.165) is 5.56 Å². The summed E-state index contributed by atoms with van der Waals surface area (Å²) >= 11 is 0. The molecule has 2 aliphatic rings. The summed E-state index contributed by atoms with van der Waals surface area (Å²) in [5, 5.41) is 2.78. The predicted octanol–water partition coefficient (Wildman–Crippen LogP) is 1.63. The maximum Gasteiger partial charge on any atom is 0.325 e. The van der Waals surface area contributed by atoms with Gasteiger partial charge in [-0.2, -0.15) is 0 Å². The highest BCUT2D eigenvalue weighted by molar-refractivity contribution is 7.89. The van der Waals surface area contributed by atoms with Crippen LogP contribution in [-0.2, 0) is 30.9 Å². The van der Waals surface area contributed by atoms with Crippen LogP contribution in [0, 0.1) is 0 Å². The second kappa shape index (κ2) is 8.58. The van der Waals surface area contributed by atoms with E-state index in [1.807, 2.05) is 30.3 Å². The van der Waals surface area contributed by atoms with Gasteiger partial charge in [0.1, 0.15) is 11.1 Å². The average molecular weight is 452 g/mol. The maximum atomic E-state index is 13.0. The van der Waals surface area contributed by atoms with Crippen molar-refractivity contribution < 1.29 is 27.5 Å². The molecular weight excluding hydrogens is 422 g/mol. The van der Waals surface area contributed by atoms with Gasteiger partial charge in [0.15, 0.2) is 0 Å². The van der Waals surface area contributed by atoms with Gasteiger partial charge in [-0.15, -0.1) is 0 Å². The van der Waals surface area contributed by atoms with Crippen LogP contribution in [0.3, 0.4) is 0 Å². The van der Waals surface area contributed by atoms with Crippen molar-refractivity contribution in [2.24, 2.45) is 0 Å². The molecule has 0 bridgehead atoms. The monoisotopic (exact) mass is 451 g/mol. The molecule has 2 heterocycles. The van der Waals surface area contributed by atoms with Crippen molar-refractivity contribution in [3.63, 3.8) is 0 Å². The number of ether oxygens (including phenoxy) is 1. The Bertz CT molecular complexity index is 947. The van der Waals surface area contributed by atoms with Gasteiger partial charge in [-0.05, 0) is 39.2 Å². The zero-order valence-corrected chi connectivity index (χ0v) is 18.9. The van der Waals surface area contributed by atoms with Crippen molar-refractivity contribution in [3.05, 3.63) is 35.9 Å². The molecule has 0 unspecified atom stereocenters. The third kappa shape index (κ3) is 5.43. The van der Waals surface area contributed by atoms with Crippen molar-refractivity contribution in [3.8, 4) is 0 Å². The first kappa shape index (κ1) is 23.2. The van der Waals surface area contributed by atoms with Gasteiger partial charge in [0, 0.05) is 13.1 Å². The Morgan fingerprint density at radius 1 is 1.13 bits per heavy atom. The fourth-order valence-electron chi connectivity index (χ4n) is 3.80. The molecule has 10 heteroatoms. The van der Waals surface area contributed by atoms with Crippen LogP contribution in [0.2, 0.25) is 0 Å². The summed E-state index contributed by atoms with van der Waals surface area (Å²) in [7, 11) is -3.68. The number of sulfonamides is 1. The third-order valence-corrected chi connectivity index (χ3v) is 7.25. The number of carbonyl (C=O) groups excluding carboxylic acids is 3. The highest BCUT2D eigenvalue weighted by atomic mass is 32.2. The summed E-state index contributed by atoms with van der Waals surface area (Å²) in [5.41, 5.74) is -0.918. The molecule has 0 aliphatic carbocycles. The minimum atomic E-state index is -3.68. The first-order valence-electron chi connectivity index (χ1n) is 10.3. The summed E-state index contributed by atoms with van der Waals surface area (Å²) in [6.45, 7) is 5.53. The third-order valence-electron chi connectivity index (χ3n) is 5.38. The lowest BCUT2D eigenvalue weighted by Gasteiger charge is -2.36. The minimum Gasteiger partial charge on any atom is -0.460 e. The fourth-order valence-corrected chi connectivity index (χ4v) is 5.23. The van der Waals surface area contributed by atoms with Crippen LogP contribution in [0.1, 0.15) is 45.6 Å². The Morgan fingerprint density at radius 2 is 1.74 bits per heavy atom. The number of amides is 3. The number of rotatable bonds is 6. The van der Waals surface area contributed by atoms with Crippen molar-refractivity contribution in [2.45, 2.75) is 57.7 Å². The molecule has 1 spiro atoms. The molecule has 0 aromatic heterocycles. The molecule has 2 fully saturated rings. The second-order valence-corrected chi connectivity index (χ2v) is 11.0. The van der Waals surface area contributed by atoms with E-state index >= 15 is 0 Å². The summed E-state index contributed by atoms with van der Waals surface area (Å²) in [6.07, 6.45) is 0.144. The fraction of sp³-hybridized carbons (Fsp3) is 0.571. The van der Waals surface area contributed by atoms with Gasteiger partial charge in [0.25, 0.3) is 5.91 Å². The number of esters is 1. The van der Waals surface area contributed by atoms with Crippen molar-refractivity contribution in [2.75, 3.05) is 18.8 Å². The second-order valence-electron chi connectivity index (χ2n) is 8.94. The summed E-state index contributed by atoms with van der Waals surface area (Å²) in [5.74, 6) is -1.25. The van der Waals surface area contributed by atoms with Crippen LogP contribution >= 0.6 is 0 Å². The topological polar surface area (TPSA) is 113 Å². The zero-order chi connectivity index (χ0) is 22.9. The number of hydrogen-bond acceptors (Lipinski definition) is 6. The highest BCUT2D eigenvalue weighted by Crippen LogP contribution is 2.31. The molecule has 0 radical (unpaired) electrons. The molecule has 31 heavy (non-hydrogen) atoms. The molecule has 9 nitrogen and oxygen atoms in total. The summed E-state index contributed by atoms with van der Waals surface area (Å²) in [6, 6.07) is 8.75. The lowest BCUT2D eigenvalue weighted by atomic mass is 9.88. The minimum absolute atomic E-state index is 0.0991. The van der Waals surface area contributed by atoms with Gasteiger partial charge in [0.05, 0.1) is 18.7 Å². The largest absolute Gasteiger partial charge is 0.460 e. The van der Waals surface area contributed by atoms with E-state index in [-0.39, 0.29) is 50.6 Å². The van der Waals surface area contributed by atoms with E-state index in [9.17, 15) is 22.8 Å². The van der Waals surface area contributed by atoms with E-state index < -0.39 is 33.2 Å². The average Bonchev–Trinajstić information content (AvgIpc) is 2.90. The highest BCUT2D eigenvalue weighted by Gasteiger charge is 2.53. The smallest absolute Gasteiger partial charge is 0.325 e. The molecule has 2 saturated heterocycles. The summed E-state index contributed by atoms with van der Waals surface area (Å²) < 4.78 is 31.7. The maximum absolute atomic E-state index is 13.0. The van der Waals surface area contributed by atoms with Crippen LogP contribution in [0.4, 0.5) is 4.79 Å². The standard InChI is InChI=1S/C21H29N3O6S/c1-20(2,3)30-17(25)9-14-31(28,29)23-12-10-21(11-13-23)18(26)24(19(27)22-21)15-16-7-5-4-6-8-16/h4-8H,9-15H2,1-3H3,(H,22,27). The van der Waals surface area contributed by atoms with Crippen molar-refractivity contribution in [1.29, 1.82) is 0 Å². The Labute approximate surface area is 182 Å². The van der Waals surface area contributed by atoms with Gasteiger partial charge >= 0.3 is 12.0 Å². The Balaban J connectivity index is 1.58. The molecule has 0 saturated carbocycles. The lowest BCUT2D eigenvalue weighted by molar-refractivity contribution is -0.154. The first-order chi connectivity index (χ1) is 14.4. The SMILES string of the molecule is CC(C)(C)OC(=O)CCS(=O)(=O)N1CCC2(CC1)NC(=O)N(Cc1ccccc1)C2=O. The number of nitrogens with one attached hydrogen (secondary N) is 1. The quantitative estimate of drug-likeness (QED) is 0.520. The Morgan fingerprint density at radius 3 is 2.32 bits per heavy atom. The lowest BCUT2D eigenvalue weighted by Crippen LogP contribution is -2.56. The van der Waals surface area contributed by atoms with Gasteiger partial charge < -0.3 is 10.1 Å². The number of benzene rings is 1. The number of carbonyl (C=O) groups is 3. The van der Waals surface area contributed by atoms with Crippen LogP contribution in [0.25, 0.3) is 0 Å². The Hall–Kier alpha value is -2.46. The van der Waals surface area contributed by atoms with Gasteiger partial charge in [-0.3, -0.25) is 14.5 Å². The van der Waals surface area contributed by atoms with E-state index in [1.54, 1.807) is 20.8 Å². The number of imide groups is 1. The van der Waals surface area contributed by atoms with Crippen LogP contribution in [0.15, 0.2) is 30.3 Å². The number of urea groups is 1. The molecule has 1 aromatic rings. The van der Waals surface area contributed by atoms with E-state index in [1.165, 1.54) is 9.21 Å². The van der Waals surface area contributed by atoms with Crippen LogP contribution < -0.4 is 5.32 Å². The number of piperidine rings is 1. The van der Waals surface area contributed by atoms with Crippen molar-refractivity contribution in [1.82, 2.24) is 14.5 Å². The molecule has 1 aromatic carbocycles. The molecule has 3 rings (SSSR count). The molecular formula is C21H29N3O6S. The van der Waals surface area contributed by atoms with Crippen LogP contribution in [-0.4, -0.2) is 65.5 Å². The molecule has 2 aliphatic heterocycles. The normalized spacial score (nSPS) is 19.5. The number of hydrogen-bond donors (Lipinski definition) is 1.